The summed E-state index contributed by atoms with van der Waals surface area (Å²) >= 11 is 0. The van der Waals surface area contributed by atoms with Crippen LogP contribution in [0.2, 0.25) is 0 Å². The Balaban J connectivity index is 2.29. The molecule has 1 heterocycles. The van der Waals surface area contributed by atoms with E-state index in [-0.39, 0.29) is 5.72 Å². The quantitative estimate of drug-likeness (QED) is 0.632. The van der Waals surface area contributed by atoms with E-state index >= 15 is 0 Å². The molecular weight excluding hydrogens is 126 g/mol. The van der Waals surface area contributed by atoms with Crippen molar-refractivity contribution in [2.75, 3.05) is 6.61 Å². The first kappa shape index (κ1) is 8.02. The second-order valence-electron chi connectivity index (χ2n) is 3.45. The van der Waals surface area contributed by atoms with Gasteiger partial charge in [-0.1, -0.05) is 13.3 Å². The van der Waals surface area contributed by atoms with Crippen LogP contribution in [0.4, 0.5) is 0 Å². The molecule has 0 radical (unpaired) electrons. The molecule has 1 N–H and O–H groups in total. The Morgan fingerprint density at radius 1 is 1.60 bits per heavy atom. The van der Waals surface area contributed by atoms with Crippen molar-refractivity contribution in [3.63, 3.8) is 0 Å². The zero-order valence-corrected chi connectivity index (χ0v) is 7.11. The van der Waals surface area contributed by atoms with E-state index in [0.29, 0.717) is 6.04 Å². The van der Waals surface area contributed by atoms with Crippen LogP contribution in [0.25, 0.3) is 0 Å². The zero-order chi connectivity index (χ0) is 7.61. The third kappa shape index (κ3) is 1.96. The van der Waals surface area contributed by atoms with Crippen LogP contribution in [-0.2, 0) is 4.74 Å². The molecule has 0 bridgehead atoms. The minimum atomic E-state index is -0.0835. The van der Waals surface area contributed by atoms with Crippen LogP contribution in [0.3, 0.4) is 0 Å². The van der Waals surface area contributed by atoms with Gasteiger partial charge in [-0.25, -0.2) is 0 Å². The van der Waals surface area contributed by atoms with Crippen LogP contribution in [-0.4, -0.2) is 18.4 Å². The van der Waals surface area contributed by atoms with Crippen LogP contribution < -0.4 is 5.32 Å². The Labute approximate surface area is 63.0 Å². The van der Waals surface area contributed by atoms with Crippen LogP contribution >= 0.6 is 0 Å². The predicted octanol–water partition coefficient (Wildman–Crippen LogP) is 1.51. The summed E-state index contributed by atoms with van der Waals surface area (Å²) in [7, 11) is 0. The average molecular weight is 143 g/mol. The van der Waals surface area contributed by atoms with Crippen LogP contribution in [0.5, 0.6) is 0 Å². The second-order valence-corrected chi connectivity index (χ2v) is 3.45. The molecule has 0 saturated carbocycles. The van der Waals surface area contributed by atoms with E-state index in [1.165, 1.54) is 12.8 Å². The standard InChI is InChI=1S/C8H17NO/c1-4-5-7-6-10-8(2,3)9-7/h7,9H,4-6H2,1-3H3/t7-/m0/s1. The van der Waals surface area contributed by atoms with Gasteiger partial charge < -0.3 is 4.74 Å². The molecule has 0 aromatic heterocycles. The molecule has 2 nitrogen and oxygen atoms in total. The molecule has 0 unspecified atom stereocenters. The van der Waals surface area contributed by atoms with Crippen molar-refractivity contribution in [2.24, 2.45) is 0 Å². The van der Waals surface area contributed by atoms with Gasteiger partial charge in [0.05, 0.1) is 6.61 Å². The van der Waals surface area contributed by atoms with Gasteiger partial charge in [0.15, 0.2) is 0 Å². The minimum Gasteiger partial charge on any atom is -0.360 e. The van der Waals surface area contributed by atoms with E-state index in [1.807, 2.05) is 0 Å². The Morgan fingerprint density at radius 2 is 2.30 bits per heavy atom. The smallest absolute Gasteiger partial charge is 0.113 e. The maximum absolute atomic E-state index is 5.49. The van der Waals surface area contributed by atoms with Crippen molar-refractivity contribution in [2.45, 2.75) is 45.4 Å². The van der Waals surface area contributed by atoms with Crippen molar-refractivity contribution in [3.8, 4) is 0 Å². The number of hydrogen-bond donors (Lipinski definition) is 1. The van der Waals surface area contributed by atoms with Gasteiger partial charge in [0.2, 0.25) is 0 Å². The van der Waals surface area contributed by atoms with E-state index in [0.717, 1.165) is 6.61 Å². The molecule has 0 aromatic carbocycles. The van der Waals surface area contributed by atoms with Crippen molar-refractivity contribution in [1.82, 2.24) is 5.32 Å². The summed E-state index contributed by atoms with van der Waals surface area (Å²) in [6.45, 7) is 7.22. The van der Waals surface area contributed by atoms with Gasteiger partial charge in [0.25, 0.3) is 0 Å². The van der Waals surface area contributed by atoms with Crippen molar-refractivity contribution in [3.05, 3.63) is 0 Å². The first-order chi connectivity index (χ1) is 4.64. The number of rotatable bonds is 2. The van der Waals surface area contributed by atoms with E-state index in [9.17, 15) is 0 Å². The van der Waals surface area contributed by atoms with Gasteiger partial charge in [-0.2, -0.15) is 0 Å². The van der Waals surface area contributed by atoms with Gasteiger partial charge in [-0.15, -0.1) is 0 Å². The van der Waals surface area contributed by atoms with E-state index in [2.05, 4.69) is 26.1 Å². The maximum Gasteiger partial charge on any atom is 0.113 e. The Bertz CT molecular complexity index is 112. The first-order valence-electron chi connectivity index (χ1n) is 4.06. The molecule has 1 aliphatic heterocycles. The van der Waals surface area contributed by atoms with Gasteiger partial charge in [-0.05, 0) is 20.3 Å². The van der Waals surface area contributed by atoms with Crippen molar-refractivity contribution in [1.29, 1.82) is 0 Å². The summed E-state index contributed by atoms with van der Waals surface area (Å²) in [4.78, 5) is 0. The van der Waals surface area contributed by atoms with Crippen LogP contribution in [0.15, 0.2) is 0 Å². The molecule has 0 aliphatic carbocycles. The predicted molar refractivity (Wildman–Crippen MR) is 41.9 cm³/mol. The second kappa shape index (κ2) is 2.89. The van der Waals surface area contributed by atoms with E-state index in [1.54, 1.807) is 0 Å². The molecule has 0 aromatic rings. The third-order valence-corrected chi connectivity index (χ3v) is 1.83. The lowest BCUT2D eigenvalue weighted by Gasteiger charge is -2.17. The fourth-order valence-electron chi connectivity index (χ4n) is 1.39. The monoisotopic (exact) mass is 143 g/mol. The molecule has 0 spiro atoms. The maximum atomic E-state index is 5.49. The topological polar surface area (TPSA) is 21.3 Å². The summed E-state index contributed by atoms with van der Waals surface area (Å²) in [6, 6.07) is 0.583. The molecule has 2 heteroatoms. The highest BCUT2D eigenvalue weighted by Gasteiger charge is 2.29. The lowest BCUT2D eigenvalue weighted by molar-refractivity contribution is 0.0231. The molecule has 1 fully saturated rings. The molecular formula is C8H17NO. The number of nitrogens with one attached hydrogen (secondary N) is 1. The molecule has 1 rings (SSSR count). The van der Waals surface area contributed by atoms with Crippen molar-refractivity contribution >= 4 is 0 Å². The molecule has 60 valence electrons. The van der Waals surface area contributed by atoms with Gasteiger partial charge in [0, 0.05) is 6.04 Å². The Morgan fingerprint density at radius 3 is 2.70 bits per heavy atom. The highest BCUT2D eigenvalue weighted by Crippen LogP contribution is 2.16. The summed E-state index contributed by atoms with van der Waals surface area (Å²) in [5, 5.41) is 3.41. The molecule has 10 heavy (non-hydrogen) atoms. The summed E-state index contributed by atoms with van der Waals surface area (Å²) in [6.07, 6.45) is 2.46. The zero-order valence-electron chi connectivity index (χ0n) is 7.11. The van der Waals surface area contributed by atoms with Crippen LogP contribution in [0, 0.1) is 0 Å². The highest BCUT2D eigenvalue weighted by molar-refractivity contribution is 4.80. The molecule has 0 amide bonds. The third-order valence-electron chi connectivity index (χ3n) is 1.83. The lowest BCUT2D eigenvalue weighted by Crippen LogP contribution is -2.38. The summed E-state index contributed by atoms with van der Waals surface area (Å²) in [5.74, 6) is 0. The fraction of sp³-hybridized carbons (Fsp3) is 1.00. The minimum absolute atomic E-state index is 0.0835. The van der Waals surface area contributed by atoms with Gasteiger partial charge in [0.1, 0.15) is 5.72 Å². The normalized spacial score (nSPS) is 30.9. The Kier molecular flexibility index (Phi) is 2.32. The Hall–Kier alpha value is -0.0800. The fourth-order valence-corrected chi connectivity index (χ4v) is 1.39. The molecule has 1 saturated heterocycles. The van der Waals surface area contributed by atoms with Gasteiger partial charge >= 0.3 is 0 Å². The van der Waals surface area contributed by atoms with Crippen molar-refractivity contribution < 1.29 is 4.74 Å². The lowest BCUT2D eigenvalue weighted by atomic mass is 10.2. The molecule has 1 aliphatic rings. The van der Waals surface area contributed by atoms with E-state index < -0.39 is 0 Å². The number of ether oxygens (including phenoxy) is 1. The van der Waals surface area contributed by atoms with E-state index in [4.69, 9.17) is 4.74 Å². The van der Waals surface area contributed by atoms with Gasteiger partial charge in [-0.3, -0.25) is 5.32 Å². The largest absolute Gasteiger partial charge is 0.360 e. The average Bonchev–Trinajstić information content (AvgIpc) is 2.12. The summed E-state index contributed by atoms with van der Waals surface area (Å²) < 4.78 is 5.49. The first-order valence-corrected chi connectivity index (χ1v) is 4.06. The van der Waals surface area contributed by atoms with Crippen LogP contribution in [0.1, 0.15) is 33.6 Å². The number of hydrogen-bond acceptors (Lipinski definition) is 2. The summed E-state index contributed by atoms with van der Waals surface area (Å²) in [5.41, 5.74) is -0.0835. The SMILES string of the molecule is CCC[C@H]1COC(C)(C)N1. The molecule has 1 atom stereocenters. The highest BCUT2D eigenvalue weighted by atomic mass is 16.5.